The second kappa shape index (κ2) is 11.6. The molecule has 9 aromatic rings. The Kier molecular flexibility index (Phi) is 6.60. The lowest BCUT2D eigenvalue weighted by molar-refractivity contribution is 1.32. The minimum absolute atomic E-state index is 0.805. The summed E-state index contributed by atoms with van der Waals surface area (Å²) in [5.74, 6) is 0. The van der Waals surface area contributed by atoms with Crippen LogP contribution >= 0.6 is 0 Å². The standard InChI is InChI=1S/C48H32N2/c1-2-14-32(15-3-1)45-39-21-8-6-19-37(39)43(41-23-11-27-49-47(41)45)34-17-10-18-35(30-34)44-38-20-7-9-22-40(38)46(48-42(44)24-12-28-50-48)36-26-25-31-13-4-5-16-33(31)29-36/h1-26,28-30,49H,27H2. The Balaban J connectivity index is 1.24. The summed E-state index contributed by atoms with van der Waals surface area (Å²) < 4.78 is 0. The van der Waals surface area contributed by atoms with E-state index in [1.807, 2.05) is 6.20 Å². The van der Waals surface area contributed by atoms with Crippen LogP contribution in [0.5, 0.6) is 0 Å². The summed E-state index contributed by atoms with van der Waals surface area (Å²) in [7, 11) is 0. The molecule has 0 spiro atoms. The van der Waals surface area contributed by atoms with Gasteiger partial charge in [0.25, 0.3) is 0 Å². The van der Waals surface area contributed by atoms with Crippen LogP contribution in [0.15, 0.2) is 170 Å². The van der Waals surface area contributed by atoms with E-state index in [2.05, 4.69) is 175 Å². The first-order valence-electron chi connectivity index (χ1n) is 17.3. The molecule has 0 atom stereocenters. The molecule has 1 aromatic heterocycles. The predicted octanol–water partition coefficient (Wildman–Crippen LogP) is 12.8. The average molecular weight is 637 g/mol. The summed E-state index contributed by atoms with van der Waals surface area (Å²) in [5, 5.41) is 12.3. The van der Waals surface area contributed by atoms with Crippen LogP contribution in [0, 0.1) is 0 Å². The van der Waals surface area contributed by atoms with Crippen molar-refractivity contribution in [3.05, 3.63) is 176 Å². The van der Waals surface area contributed by atoms with E-state index in [0.29, 0.717) is 0 Å². The van der Waals surface area contributed by atoms with E-state index in [9.17, 15) is 0 Å². The number of aromatic nitrogens is 1. The van der Waals surface area contributed by atoms with Gasteiger partial charge in [0.05, 0.1) is 11.2 Å². The molecule has 0 radical (unpaired) electrons. The number of hydrogen-bond acceptors (Lipinski definition) is 2. The van der Waals surface area contributed by atoms with Gasteiger partial charge in [-0.3, -0.25) is 4.98 Å². The van der Waals surface area contributed by atoms with Crippen molar-refractivity contribution < 1.29 is 0 Å². The van der Waals surface area contributed by atoms with Gasteiger partial charge < -0.3 is 5.32 Å². The first-order chi connectivity index (χ1) is 24.8. The van der Waals surface area contributed by atoms with Gasteiger partial charge in [0.15, 0.2) is 0 Å². The van der Waals surface area contributed by atoms with Crippen molar-refractivity contribution in [2.24, 2.45) is 0 Å². The van der Waals surface area contributed by atoms with Crippen molar-refractivity contribution in [3.8, 4) is 44.5 Å². The van der Waals surface area contributed by atoms with Crippen LogP contribution in [0.4, 0.5) is 5.69 Å². The fourth-order valence-electron chi connectivity index (χ4n) is 8.14. The van der Waals surface area contributed by atoms with Crippen molar-refractivity contribution in [2.75, 3.05) is 11.9 Å². The van der Waals surface area contributed by atoms with Gasteiger partial charge in [0.2, 0.25) is 0 Å². The summed E-state index contributed by atoms with van der Waals surface area (Å²) in [5.41, 5.74) is 13.1. The second-order valence-electron chi connectivity index (χ2n) is 13.1. The number of nitrogens with zero attached hydrogens (tertiary/aromatic N) is 1. The highest BCUT2D eigenvalue weighted by atomic mass is 14.9. The third-order valence-electron chi connectivity index (χ3n) is 10.3. The van der Waals surface area contributed by atoms with Crippen LogP contribution < -0.4 is 5.32 Å². The number of benzene rings is 8. The van der Waals surface area contributed by atoms with Crippen LogP contribution in [0.1, 0.15) is 5.56 Å². The van der Waals surface area contributed by atoms with E-state index in [1.54, 1.807) is 0 Å². The highest BCUT2D eigenvalue weighted by molar-refractivity contribution is 6.21. The first kappa shape index (κ1) is 28.5. The fourth-order valence-corrected chi connectivity index (χ4v) is 8.14. The average Bonchev–Trinajstić information content (AvgIpc) is 3.19. The molecule has 0 amide bonds. The number of hydrogen-bond donors (Lipinski definition) is 1. The molecule has 10 rings (SSSR count). The second-order valence-corrected chi connectivity index (χ2v) is 13.1. The molecule has 2 heterocycles. The molecule has 0 aliphatic carbocycles. The Morgan fingerprint density at radius 2 is 1.02 bits per heavy atom. The van der Waals surface area contributed by atoms with Crippen LogP contribution in [-0.4, -0.2) is 11.5 Å². The van der Waals surface area contributed by atoms with Crippen LogP contribution in [0.25, 0.3) is 93.8 Å². The van der Waals surface area contributed by atoms with Gasteiger partial charge in [-0.15, -0.1) is 0 Å². The highest BCUT2D eigenvalue weighted by Gasteiger charge is 2.23. The number of nitrogens with one attached hydrogen (secondary N) is 1. The van der Waals surface area contributed by atoms with Crippen molar-refractivity contribution in [2.45, 2.75) is 0 Å². The SMILES string of the molecule is C1=Cc2c(c(-c3ccccc3)c3ccccc3c2-c2cccc(-c3c4ccccc4c(-c4ccc5ccccc5c4)c4ncccc34)c2)NC1. The first-order valence-corrected chi connectivity index (χ1v) is 17.3. The maximum Gasteiger partial charge on any atom is 0.0792 e. The monoisotopic (exact) mass is 636 g/mol. The lowest BCUT2D eigenvalue weighted by Gasteiger charge is -2.25. The smallest absolute Gasteiger partial charge is 0.0792 e. The van der Waals surface area contributed by atoms with Crippen LogP contribution in [0.2, 0.25) is 0 Å². The zero-order valence-corrected chi connectivity index (χ0v) is 27.4. The molecule has 0 bridgehead atoms. The number of rotatable bonds is 4. The number of anilines is 1. The number of pyridine rings is 1. The Morgan fingerprint density at radius 3 is 1.82 bits per heavy atom. The molecule has 50 heavy (non-hydrogen) atoms. The van der Waals surface area contributed by atoms with E-state index >= 15 is 0 Å². The van der Waals surface area contributed by atoms with E-state index in [4.69, 9.17) is 4.98 Å². The number of fused-ring (bicyclic) bond motifs is 5. The minimum Gasteiger partial charge on any atom is -0.381 e. The molecule has 0 unspecified atom stereocenters. The maximum absolute atomic E-state index is 5.07. The molecule has 1 N–H and O–H groups in total. The molecular formula is C48H32N2. The zero-order valence-electron chi connectivity index (χ0n) is 27.4. The Labute approximate surface area is 291 Å². The molecule has 0 saturated heterocycles. The molecular weight excluding hydrogens is 605 g/mol. The molecule has 2 heteroatoms. The molecule has 2 nitrogen and oxygen atoms in total. The predicted molar refractivity (Wildman–Crippen MR) is 214 cm³/mol. The minimum atomic E-state index is 0.805. The largest absolute Gasteiger partial charge is 0.381 e. The zero-order chi connectivity index (χ0) is 33.0. The van der Waals surface area contributed by atoms with E-state index in [1.165, 1.54) is 88.1 Å². The molecule has 8 aromatic carbocycles. The van der Waals surface area contributed by atoms with Crippen LogP contribution in [-0.2, 0) is 0 Å². The van der Waals surface area contributed by atoms with E-state index in [-0.39, 0.29) is 0 Å². The topological polar surface area (TPSA) is 24.9 Å². The summed E-state index contributed by atoms with van der Waals surface area (Å²) in [4.78, 5) is 5.07. The molecule has 1 aliphatic rings. The summed E-state index contributed by atoms with van der Waals surface area (Å²) in [6.45, 7) is 0.805. The summed E-state index contributed by atoms with van der Waals surface area (Å²) >= 11 is 0. The van der Waals surface area contributed by atoms with Gasteiger partial charge in [0.1, 0.15) is 0 Å². The molecule has 0 fully saturated rings. The fraction of sp³-hybridized carbons (Fsp3) is 0.0208. The molecule has 1 aliphatic heterocycles. The van der Waals surface area contributed by atoms with Crippen molar-refractivity contribution in [1.29, 1.82) is 0 Å². The lowest BCUT2D eigenvalue weighted by atomic mass is 9.83. The lowest BCUT2D eigenvalue weighted by Crippen LogP contribution is -2.08. The van der Waals surface area contributed by atoms with Gasteiger partial charge in [0, 0.05) is 34.8 Å². The summed E-state index contributed by atoms with van der Waals surface area (Å²) in [6, 6.07) is 57.2. The van der Waals surface area contributed by atoms with Gasteiger partial charge in [-0.25, -0.2) is 0 Å². The van der Waals surface area contributed by atoms with Crippen molar-refractivity contribution in [3.63, 3.8) is 0 Å². The van der Waals surface area contributed by atoms with Crippen molar-refractivity contribution in [1.82, 2.24) is 4.98 Å². The maximum atomic E-state index is 5.07. The van der Waals surface area contributed by atoms with Crippen molar-refractivity contribution >= 4 is 55.0 Å². The van der Waals surface area contributed by atoms with E-state index in [0.717, 1.165) is 17.4 Å². The highest BCUT2D eigenvalue weighted by Crippen LogP contribution is 2.48. The molecule has 0 saturated carbocycles. The van der Waals surface area contributed by atoms with Gasteiger partial charge in [-0.1, -0.05) is 152 Å². The normalized spacial score (nSPS) is 12.4. The Morgan fingerprint density at radius 1 is 0.420 bits per heavy atom. The Hall–Kier alpha value is -6.51. The third kappa shape index (κ3) is 4.46. The Bertz CT molecular complexity index is 2750. The van der Waals surface area contributed by atoms with Crippen LogP contribution in [0.3, 0.4) is 0 Å². The third-order valence-corrected chi connectivity index (χ3v) is 10.3. The van der Waals surface area contributed by atoms with Gasteiger partial charge >= 0.3 is 0 Å². The quantitative estimate of drug-likeness (QED) is 0.194. The van der Waals surface area contributed by atoms with Gasteiger partial charge in [-0.2, -0.15) is 0 Å². The molecule has 234 valence electrons. The van der Waals surface area contributed by atoms with Gasteiger partial charge in [-0.05, 0) is 83.9 Å². The summed E-state index contributed by atoms with van der Waals surface area (Å²) in [6.07, 6.45) is 6.46. The van der Waals surface area contributed by atoms with E-state index < -0.39 is 0 Å².